The number of nitrogens with zero attached hydrogens (tertiary/aromatic N) is 2. The molecule has 1 heterocycles. The van der Waals surface area contributed by atoms with E-state index in [1.54, 1.807) is 24.3 Å². The SMILES string of the molecule is Cc1ccc(N2C(=O)N(CC(=O)Nc3ccccc3C(F)(F)F)C(=O)[C@@H]2C)cc1. The summed E-state index contributed by atoms with van der Waals surface area (Å²) in [4.78, 5) is 39.5. The largest absolute Gasteiger partial charge is 0.418 e. The van der Waals surface area contributed by atoms with Crippen molar-refractivity contribution in [1.82, 2.24) is 4.90 Å². The van der Waals surface area contributed by atoms with Gasteiger partial charge in [-0.05, 0) is 38.1 Å². The summed E-state index contributed by atoms with van der Waals surface area (Å²) in [5.41, 5.74) is 0.0142. The van der Waals surface area contributed by atoms with E-state index in [9.17, 15) is 27.6 Å². The standard InChI is InChI=1S/C20H18F3N3O3/c1-12-7-9-14(10-8-12)26-13(2)18(28)25(19(26)29)11-17(27)24-16-6-4-3-5-15(16)20(21,22)23/h3-10,13H,11H2,1-2H3,(H,24,27)/t13-/m0/s1. The summed E-state index contributed by atoms with van der Waals surface area (Å²) in [5, 5.41) is 2.14. The summed E-state index contributed by atoms with van der Waals surface area (Å²) in [6.45, 7) is 2.72. The van der Waals surface area contributed by atoms with Crippen LogP contribution in [0.4, 0.5) is 29.3 Å². The van der Waals surface area contributed by atoms with Crippen molar-refractivity contribution >= 4 is 29.2 Å². The topological polar surface area (TPSA) is 69.7 Å². The van der Waals surface area contributed by atoms with Crippen LogP contribution < -0.4 is 10.2 Å². The number of carbonyl (C=O) groups excluding carboxylic acids is 3. The number of rotatable bonds is 4. The summed E-state index contributed by atoms with van der Waals surface area (Å²) in [7, 11) is 0. The first-order chi connectivity index (χ1) is 13.6. The molecule has 1 atom stereocenters. The van der Waals surface area contributed by atoms with Crippen LogP contribution in [0, 0.1) is 6.92 Å². The fourth-order valence-corrected chi connectivity index (χ4v) is 3.08. The number of anilines is 2. The maximum absolute atomic E-state index is 13.1. The van der Waals surface area contributed by atoms with Crippen LogP contribution in [-0.2, 0) is 15.8 Å². The lowest BCUT2D eigenvalue weighted by atomic mass is 10.1. The molecule has 3 rings (SSSR count). The molecule has 29 heavy (non-hydrogen) atoms. The van der Waals surface area contributed by atoms with Crippen molar-refractivity contribution < 1.29 is 27.6 Å². The van der Waals surface area contributed by atoms with Crippen LogP contribution in [0.5, 0.6) is 0 Å². The number of hydrogen-bond acceptors (Lipinski definition) is 3. The highest BCUT2D eigenvalue weighted by Gasteiger charge is 2.44. The first kappa shape index (κ1) is 20.4. The molecule has 0 unspecified atom stereocenters. The number of amides is 4. The van der Waals surface area contributed by atoms with E-state index in [-0.39, 0.29) is 0 Å². The van der Waals surface area contributed by atoms with Gasteiger partial charge in [0.05, 0.1) is 11.3 Å². The molecule has 0 radical (unpaired) electrons. The molecular formula is C20H18F3N3O3. The average Bonchev–Trinajstić information content (AvgIpc) is 2.86. The molecule has 0 spiro atoms. The predicted molar refractivity (Wildman–Crippen MR) is 100 cm³/mol. The van der Waals surface area contributed by atoms with Crippen molar-refractivity contribution in [2.45, 2.75) is 26.1 Å². The molecule has 0 aliphatic carbocycles. The number of urea groups is 1. The third kappa shape index (κ3) is 4.08. The highest BCUT2D eigenvalue weighted by molar-refractivity contribution is 6.16. The highest BCUT2D eigenvalue weighted by atomic mass is 19.4. The first-order valence-electron chi connectivity index (χ1n) is 8.77. The molecule has 1 aliphatic heterocycles. The van der Waals surface area contributed by atoms with Gasteiger partial charge in [-0.2, -0.15) is 13.2 Å². The molecule has 1 N–H and O–H groups in total. The Kier molecular flexibility index (Phi) is 5.32. The molecule has 2 aromatic carbocycles. The maximum Gasteiger partial charge on any atom is 0.418 e. The van der Waals surface area contributed by atoms with Gasteiger partial charge < -0.3 is 5.32 Å². The molecular weight excluding hydrogens is 387 g/mol. The van der Waals surface area contributed by atoms with Crippen molar-refractivity contribution in [3.63, 3.8) is 0 Å². The average molecular weight is 405 g/mol. The quantitative estimate of drug-likeness (QED) is 0.787. The third-order valence-electron chi connectivity index (χ3n) is 4.57. The number of nitrogens with one attached hydrogen (secondary N) is 1. The number of hydrogen-bond donors (Lipinski definition) is 1. The summed E-state index contributed by atoms with van der Waals surface area (Å²) in [5.74, 6) is -1.50. The molecule has 2 aromatic rings. The van der Waals surface area contributed by atoms with E-state index in [0.29, 0.717) is 5.69 Å². The van der Waals surface area contributed by atoms with E-state index in [2.05, 4.69) is 5.32 Å². The molecule has 152 valence electrons. The Balaban J connectivity index is 1.77. The second kappa shape index (κ2) is 7.57. The normalized spacial score (nSPS) is 17.1. The Morgan fingerprint density at radius 2 is 1.69 bits per heavy atom. The van der Waals surface area contributed by atoms with E-state index >= 15 is 0 Å². The number of halogens is 3. The molecule has 1 fully saturated rings. The Labute approximate surface area is 164 Å². The molecule has 9 heteroatoms. The van der Waals surface area contributed by atoms with Crippen LogP contribution in [0.25, 0.3) is 0 Å². The summed E-state index contributed by atoms with van der Waals surface area (Å²) in [6, 6.07) is 9.88. The number of imide groups is 1. The Morgan fingerprint density at radius 3 is 2.31 bits per heavy atom. The Hall–Kier alpha value is -3.36. The molecule has 0 aromatic heterocycles. The van der Waals surface area contributed by atoms with Gasteiger partial charge in [-0.1, -0.05) is 29.8 Å². The van der Waals surface area contributed by atoms with Gasteiger partial charge in [0.2, 0.25) is 5.91 Å². The molecule has 6 nitrogen and oxygen atoms in total. The van der Waals surface area contributed by atoms with Crippen LogP contribution in [0.3, 0.4) is 0 Å². The van der Waals surface area contributed by atoms with E-state index < -0.39 is 47.9 Å². The van der Waals surface area contributed by atoms with Gasteiger partial charge in [0.15, 0.2) is 0 Å². The molecule has 4 amide bonds. The van der Waals surface area contributed by atoms with Crippen LogP contribution in [0.15, 0.2) is 48.5 Å². The molecule has 1 saturated heterocycles. The zero-order valence-corrected chi connectivity index (χ0v) is 15.7. The fraction of sp³-hybridized carbons (Fsp3) is 0.250. The van der Waals surface area contributed by atoms with Gasteiger partial charge in [0.1, 0.15) is 12.6 Å². The van der Waals surface area contributed by atoms with Gasteiger partial charge in [0.25, 0.3) is 5.91 Å². The number of carbonyl (C=O) groups is 3. The number of para-hydroxylation sites is 1. The predicted octanol–water partition coefficient (Wildman–Crippen LogP) is 3.81. The van der Waals surface area contributed by atoms with Crippen LogP contribution >= 0.6 is 0 Å². The third-order valence-corrected chi connectivity index (χ3v) is 4.57. The van der Waals surface area contributed by atoms with E-state index in [4.69, 9.17) is 0 Å². The lowest BCUT2D eigenvalue weighted by Crippen LogP contribution is -2.39. The number of benzene rings is 2. The van der Waals surface area contributed by atoms with Crippen molar-refractivity contribution in [2.24, 2.45) is 0 Å². The fourth-order valence-electron chi connectivity index (χ4n) is 3.08. The molecule has 0 bridgehead atoms. The number of alkyl halides is 3. The van der Waals surface area contributed by atoms with E-state index in [1.165, 1.54) is 24.0 Å². The number of aryl methyl sites for hydroxylation is 1. The summed E-state index contributed by atoms with van der Waals surface area (Å²) in [6.07, 6.45) is -4.65. The minimum atomic E-state index is -4.65. The highest BCUT2D eigenvalue weighted by Crippen LogP contribution is 2.34. The maximum atomic E-state index is 13.1. The van der Waals surface area contributed by atoms with Crippen molar-refractivity contribution in [2.75, 3.05) is 16.8 Å². The zero-order chi connectivity index (χ0) is 21.3. The van der Waals surface area contributed by atoms with Gasteiger partial charge in [-0.15, -0.1) is 0 Å². The second-order valence-corrected chi connectivity index (χ2v) is 6.68. The minimum absolute atomic E-state index is 0.437. The smallest absolute Gasteiger partial charge is 0.324 e. The Morgan fingerprint density at radius 1 is 1.07 bits per heavy atom. The summed E-state index contributed by atoms with van der Waals surface area (Å²) >= 11 is 0. The van der Waals surface area contributed by atoms with Crippen LogP contribution in [0.1, 0.15) is 18.1 Å². The first-order valence-corrected chi connectivity index (χ1v) is 8.77. The molecule has 0 saturated carbocycles. The Bertz CT molecular complexity index is 957. The van der Waals surface area contributed by atoms with E-state index in [1.807, 2.05) is 6.92 Å². The van der Waals surface area contributed by atoms with Gasteiger partial charge in [0, 0.05) is 5.69 Å². The van der Waals surface area contributed by atoms with Gasteiger partial charge >= 0.3 is 12.2 Å². The van der Waals surface area contributed by atoms with Crippen LogP contribution in [0.2, 0.25) is 0 Å². The van der Waals surface area contributed by atoms with Crippen molar-refractivity contribution in [3.05, 3.63) is 59.7 Å². The molecule has 1 aliphatic rings. The second-order valence-electron chi connectivity index (χ2n) is 6.68. The van der Waals surface area contributed by atoms with Crippen molar-refractivity contribution in [1.29, 1.82) is 0 Å². The monoisotopic (exact) mass is 405 g/mol. The zero-order valence-electron chi connectivity index (χ0n) is 15.7. The lowest BCUT2D eigenvalue weighted by Gasteiger charge is -2.19. The van der Waals surface area contributed by atoms with Crippen molar-refractivity contribution in [3.8, 4) is 0 Å². The summed E-state index contributed by atoms with van der Waals surface area (Å²) < 4.78 is 39.2. The van der Waals surface area contributed by atoms with Gasteiger partial charge in [-0.25, -0.2) is 4.79 Å². The van der Waals surface area contributed by atoms with Crippen LogP contribution in [-0.4, -0.2) is 35.3 Å². The van der Waals surface area contributed by atoms with Gasteiger partial charge in [-0.3, -0.25) is 19.4 Å². The minimum Gasteiger partial charge on any atom is -0.324 e. The lowest BCUT2D eigenvalue weighted by molar-refractivity contribution is -0.137. The van der Waals surface area contributed by atoms with E-state index in [0.717, 1.165) is 22.6 Å².